The molecule has 4 heteroatoms. The Balaban J connectivity index is 2.29. The summed E-state index contributed by atoms with van der Waals surface area (Å²) in [6.45, 7) is 1.96. The molecule has 0 fully saturated rings. The molecule has 20 heavy (non-hydrogen) atoms. The van der Waals surface area contributed by atoms with Gasteiger partial charge in [-0.25, -0.2) is 8.78 Å². The van der Waals surface area contributed by atoms with Crippen LogP contribution in [0.25, 0.3) is 0 Å². The lowest BCUT2D eigenvalue weighted by atomic mass is 10.0. The van der Waals surface area contributed by atoms with Crippen molar-refractivity contribution in [3.63, 3.8) is 0 Å². The SMILES string of the molecule is CCC(Nc1ccc(F)cc1OC)c1ccccc1F. The Morgan fingerprint density at radius 1 is 1.15 bits per heavy atom. The molecule has 0 heterocycles. The average molecular weight is 277 g/mol. The van der Waals surface area contributed by atoms with E-state index in [0.717, 1.165) is 0 Å². The van der Waals surface area contributed by atoms with Crippen LogP contribution in [-0.4, -0.2) is 7.11 Å². The predicted molar refractivity (Wildman–Crippen MR) is 76.0 cm³/mol. The fourth-order valence-electron chi connectivity index (χ4n) is 2.13. The van der Waals surface area contributed by atoms with Crippen molar-refractivity contribution < 1.29 is 13.5 Å². The van der Waals surface area contributed by atoms with Gasteiger partial charge in [0.15, 0.2) is 0 Å². The summed E-state index contributed by atoms with van der Waals surface area (Å²) in [5.74, 6) is -0.223. The molecule has 0 aliphatic carbocycles. The van der Waals surface area contributed by atoms with Crippen molar-refractivity contribution in [1.82, 2.24) is 0 Å². The van der Waals surface area contributed by atoms with Crippen LogP contribution in [0.3, 0.4) is 0 Å². The van der Waals surface area contributed by atoms with Gasteiger partial charge in [0.1, 0.15) is 17.4 Å². The van der Waals surface area contributed by atoms with E-state index >= 15 is 0 Å². The summed E-state index contributed by atoms with van der Waals surface area (Å²) in [7, 11) is 1.48. The number of ether oxygens (including phenoxy) is 1. The van der Waals surface area contributed by atoms with E-state index in [-0.39, 0.29) is 17.7 Å². The molecule has 1 atom stereocenters. The van der Waals surface area contributed by atoms with Crippen molar-refractivity contribution in [1.29, 1.82) is 0 Å². The zero-order chi connectivity index (χ0) is 14.5. The molecule has 0 aromatic heterocycles. The van der Waals surface area contributed by atoms with Gasteiger partial charge in [-0.2, -0.15) is 0 Å². The highest BCUT2D eigenvalue weighted by atomic mass is 19.1. The third kappa shape index (κ3) is 3.07. The lowest BCUT2D eigenvalue weighted by molar-refractivity contribution is 0.412. The van der Waals surface area contributed by atoms with E-state index in [2.05, 4.69) is 5.32 Å². The summed E-state index contributed by atoms with van der Waals surface area (Å²) in [4.78, 5) is 0. The molecule has 0 amide bonds. The molecule has 2 aromatic rings. The monoisotopic (exact) mass is 277 g/mol. The number of halogens is 2. The molecule has 0 radical (unpaired) electrons. The van der Waals surface area contributed by atoms with Crippen molar-refractivity contribution >= 4 is 5.69 Å². The lowest BCUT2D eigenvalue weighted by Crippen LogP contribution is -2.12. The topological polar surface area (TPSA) is 21.3 Å². The van der Waals surface area contributed by atoms with E-state index in [1.807, 2.05) is 6.92 Å². The summed E-state index contributed by atoms with van der Waals surface area (Å²) < 4.78 is 32.2. The Kier molecular flexibility index (Phi) is 4.56. The van der Waals surface area contributed by atoms with Gasteiger partial charge in [-0.3, -0.25) is 0 Å². The summed E-state index contributed by atoms with van der Waals surface area (Å²) in [6, 6.07) is 10.7. The molecule has 0 bridgehead atoms. The van der Waals surface area contributed by atoms with Crippen LogP contribution in [-0.2, 0) is 0 Å². The zero-order valence-electron chi connectivity index (χ0n) is 11.5. The van der Waals surface area contributed by atoms with E-state index < -0.39 is 0 Å². The summed E-state index contributed by atoms with van der Waals surface area (Å²) >= 11 is 0. The van der Waals surface area contributed by atoms with Gasteiger partial charge in [-0.1, -0.05) is 25.1 Å². The van der Waals surface area contributed by atoms with Crippen LogP contribution in [0.1, 0.15) is 24.9 Å². The van der Waals surface area contributed by atoms with Crippen LogP contribution in [0.4, 0.5) is 14.5 Å². The highest BCUT2D eigenvalue weighted by molar-refractivity contribution is 5.57. The van der Waals surface area contributed by atoms with E-state index in [1.54, 1.807) is 24.3 Å². The number of methoxy groups -OCH3 is 1. The van der Waals surface area contributed by atoms with Crippen molar-refractivity contribution in [2.45, 2.75) is 19.4 Å². The number of nitrogens with one attached hydrogen (secondary N) is 1. The van der Waals surface area contributed by atoms with Crippen LogP contribution in [0.5, 0.6) is 5.75 Å². The minimum Gasteiger partial charge on any atom is -0.494 e. The largest absolute Gasteiger partial charge is 0.494 e. The fourth-order valence-corrected chi connectivity index (χ4v) is 2.13. The predicted octanol–water partition coefficient (Wildman–Crippen LogP) is 4.54. The Bertz CT molecular complexity index is 586. The van der Waals surface area contributed by atoms with Crippen LogP contribution in [0, 0.1) is 11.6 Å². The molecule has 0 aliphatic heterocycles. The fraction of sp³-hybridized carbons (Fsp3) is 0.250. The van der Waals surface area contributed by atoms with Gasteiger partial charge in [0.2, 0.25) is 0 Å². The Labute approximate surface area is 117 Å². The van der Waals surface area contributed by atoms with E-state index in [9.17, 15) is 8.78 Å². The van der Waals surface area contributed by atoms with Crippen LogP contribution in [0.2, 0.25) is 0 Å². The molecule has 2 rings (SSSR count). The van der Waals surface area contributed by atoms with Gasteiger partial charge in [0.25, 0.3) is 0 Å². The molecule has 2 nitrogen and oxygen atoms in total. The second-order valence-electron chi connectivity index (χ2n) is 4.47. The second kappa shape index (κ2) is 6.37. The zero-order valence-corrected chi connectivity index (χ0v) is 11.5. The normalized spacial score (nSPS) is 12.0. The minimum atomic E-state index is -0.369. The number of hydrogen-bond donors (Lipinski definition) is 1. The number of benzene rings is 2. The van der Waals surface area contributed by atoms with Gasteiger partial charge in [0, 0.05) is 11.6 Å². The first-order valence-electron chi connectivity index (χ1n) is 6.50. The Morgan fingerprint density at radius 2 is 1.90 bits per heavy atom. The van der Waals surface area contributed by atoms with Crippen molar-refractivity contribution in [2.75, 3.05) is 12.4 Å². The smallest absolute Gasteiger partial charge is 0.144 e. The van der Waals surface area contributed by atoms with Gasteiger partial charge in [-0.05, 0) is 24.6 Å². The number of rotatable bonds is 5. The number of hydrogen-bond acceptors (Lipinski definition) is 2. The highest BCUT2D eigenvalue weighted by Crippen LogP contribution is 2.31. The minimum absolute atomic E-state index is 0.199. The first-order valence-corrected chi connectivity index (χ1v) is 6.50. The molecule has 106 valence electrons. The first kappa shape index (κ1) is 14.3. The van der Waals surface area contributed by atoms with E-state index in [4.69, 9.17) is 4.74 Å². The standard InChI is InChI=1S/C16H17F2NO/c1-3-14(12-6-4-5-7-13(12)18)19-15-9-8-11(17)10-16(15)20-2/h4-10,14,19H,3H2,1-2H3. The second-order valence-corrected chi connectivity index (χ2v) is 4.47. The average Bonchev–Trinajstić information content (AvgIpc) is 2.47. The van der Waals surface area contributed by atoms with Gasteiger partial charge >= 0.3 is 0 Å². The lowest BCUT2D eigenvalue weighted by Gasteiger charge is -2.21. The molecule has 0 saturated heterocycles. The van der Waals surface area contributed by atoms with Crippen LogP contribution >= 0.6 is 0 Å². The maximum Gasteiger partial charge on any atom is 0.144 e. The Hall–Kier alpha value is -2.10. The first-order chi connectivity index (χ1) is 9.65. The summed E-state index contributed by atoms with van der Waals surface area (Å²) in [5.41, 5.74) is 1.23. The molecule has 1 unspecified atom stereocenters. The van der Waals surface area contributed by atoms with Gasteiger partial charge in [0.05, 0.1) is 18.8 Å². The maximum absolute atomic E-state index is 13.8. The van der Waals surface area contributed by atoms with Crippen molar-refractivity contribution in [2.24, 2.45) is 0 Å². The molecular weight excluding hydrogens is 260 g/mol. The van der Waals surface area contributed by atoms with Crippen LogP contribution in [0.15, 0.2) is 42.5 Å². The van der Waals surface area contributed by atoms with Gasteiger partial charge in [-0.15, -0.1) is 0 Å². The molecule has 0 spiro atoms. The summed E-state index contributed by atoms with van der Waals surface area (Å²) in [5, 5.41) is 3.20. The third-order valence-electron chi connectivity index (χ3n) is 3.18. The molecule has 0 saturated carbocycles. The molecular formula is C16H17F2NO. The Morgan fingerprint density at radius 3 is 2.55 bits per heavy atom. The molecule has 1 N–H and O–H groups in total. The van der Waals surface area contributed by atoms with Crippen LogP contribution < -0.4 is 10.1 Å². The van der Waals surface area contributed by atoms with Crippen molar-refractivity contribution in [3.8, 4) is 5.75 Å². The van der Waals surface area contributed by atoms with E-state index in [1.165, 1.54) is 25.3 Å². The highest BCUT2D eigenvalue weighted by Gasteiger charge is 2.15. The number of anilines is 1. The quantitative estimate of drug-likeness (QED) is 0.866. The summed E-state index contributed by atoms with van der Waals surface area (Å²) in [6.07, 6.45) is 0.696. The third-order valence-corrected chi connectivity index (χ3v) is 3.18. The molecule has 2 aromatic carbocycles. The van der Waals surface area contributed by atoms with Gasteiger partial charge < -0.3 is 10.1 Å². The molecule has 0 aliphatic rings. The van der Waals surface area contributed by atoms with Crippen molar-refractivity contribution in [3.05, 3.63) is 59.7 Å². The maximum atomic E-state index is 13.8. The van der Waals surface area contributed by atoms with E-state index in [0.29, 0.717) is 23.4 Å².